The predicted octanol–water partition coefficient (Wildman–Crippen LogP) is 6.12. The molecule has 0 bridgehead atoms. The number of fused-ring (bicyclic) bond motifs is 1. The van der Waals surface area contributed by atoms with Crippen LogP contribution in [-0.2, 0) is 6.54 Å². The van der Waals surface area contributed by atoms with E-state index < -0.39 is 12.2 Å². The molecule has 0 radical (unpaired) electrons. The van der Waals surface area contributed by atoms with Gasteiger partial charge in [0.05, 0.1) is 38.1 Å². The number of rotatable bonds is 5. The first kappa shape index (κ1) is 22.5. The summed E-state index contributed by atoms with van der Waals surface area (Å²) < 4.78 is 21.1. The van der Waals surface area contributed by atoms with Crippen molar-refractivity contribution in [2.75, 3.05) is 5.32 Å². The Balaban J connectivity index is 0.00000156. The molecule has 10 heteroatoms. The summed E-state index contributed by atoms with van der Waals surface area (Å²) in [5.41, 5.74) is 7.10. The second-order valence-electron chi connectivity index (χ2n) is 5.14. The zero-order valence-corrected chi connectivity index (χ0v) is 17.8. The Morgan fingerprint density at radius 3 is 2.80 bits per heavy atom. The molecule has 3 heterocycles. The van der Waals surface area contributed by atoms with E-state index in [1.807, 2.05) is 12.1 Å². The van der Waals surface area contributed by atoms with Gasteiger partial charge in [-0.1, -0.05) is 11.6 Å². The van der Waals surface area contributed by atoms with Crippen LogP contribution in [0.15, 0.2) is 33.4 Å². The van der Waals surface area contributed by atoms with Gasteiger partial charge in [0.25, 0.3) is 0 Å². The third-order valence-corrected chi connectivity index (χ3v) is 5.85. The summed E-state index contributed by atoms with van der Waals surface area (Å²) in [7, 11) is 0. The van der Waals surface area contributed by atoms with Crippen molar-refractivity contribution in [1.29, 1.82) is 0 Å². The molecule has 1 unspecified atom stereocenters. The Morgan fingerprint density at radius 1 is 1.48 bits per heavy atom. The summed E-state index contributed by atoms with van der Waals surface area (Å²) in [5.74, 6) is 0.792. The average molecular weight is 492 g/mol. The summed E-state index contributed by atoms with van der Waals surface area (Å²) >= 11 is 10.8. The number of nitrogens with one attached hydrogen (secondary N) is 1. The minimum absolute atomic E-state index is 0. The Kier molecular flexibility index (Phi) is 8.44. The van der Waals surface area contributed by atoms with E-state index in [9.17, 15) is 4.39 Å². The summed E-state index contributed by atoms with van der Waals surface area (Å²) in [4.78, 5) is 4.82. The number of anilines is 1. The van der Waals surface area contributed by atoms with Gasteiger partial charge in [-0.15, -0.1) is 36.2 Å². The number of furan rings is 1. The van der Waals surface area contributed by atoms with Crippen LogP contribution in [0.1, 0.15) is 23.7 Å². The quantitative estimate of drug-likeness (QED) is 0.422. The van der Waals surface area contributed by atoms with Gasteiger partial charge in [0.1, 0.15) is 10.9 Å². The lowest BCUT2D eigenvalue weighted by Crippen LogP contribution is -2.21. The second kappa shape index (κ2) is 9.39. The zero-order chi connectivity index (χ0) is 16.6. The van der Waals surface area contributed by atoms with Gasteiger partial charge in [-0.25, -0.2) is 9.37 Å². The molecule has 0 amide bonds. The maximum atomic E-state index is 14.4. The minimum atomic E-state index is -1.26. The molecule has 3 rings (SSSR count). The number of hydrogen-bond acceptors (Lipinski definition) is 5. The second-order valence-corrected chi connectivity index (χ2v) is 7.38. The molecule has 3 aromatic heterocycles. The highest BCUT2D eigenvalue weighted by molar-refractivity contribution is 9.10. The van der Waals surface area contributed by atoms with E-state index in [1.165, 1.54) is 11.3 Å². The maximum Gasteiger partial charge on any atom is 0.150 e. The SMILES string of the molecule is C[C@H](N)C(F)c1sc2c(NCc3ccco3)cc(Cl)nc2c1Br.Cl.Cl. The predicted molar refractivity (Wildman–Crippen MR) is 110 cm³/mol. The van der Waals surface area contributed by atoms with Gasteiger partial charge in [-0.3, -0.25) is 0 Å². The molecule has 25 heavy (non-hydrogen) atoms. The molecule has 2 atom stereocenters. The van der Waals surface area contributed by atoms with Crippen molar-refractivity contribution < 1.29 is 8.81 Å². The zero-order valence-electron chi connectivity index (χ0n) is 13.0. The van der Waals surface area contributed by atoms with Crippen LogP contribution in [0.2, 0.25) is 5.15 Å². The monoisotopic (exact) mass is 489 g/mol. The van der Waals surface area contributed by atoms with Crippen LogP contribution in [-0.4, -0.2) is 11.0 Å². The fourth-order valence-electron chi connectivity index (χ4n) is 2.17. The number of thiophene rings is 1. The highest BCUT2D eigenvalue weighted by Gasteiger charge is 2.24. The van der Waals surface area contributed by atoms with Crippen molar-refractivity contribution in [2.24, 2.45) is 5.73 Å². The molecule has 0 fully saturated rings. The van der Waals surface area contributed by atoms with Crippen LogP contribution in [0, 0.1) is 0 Å². The van der Waals surface area contributed by atoms with Gasteiger partial charge < -0.3 is 15.5 Å². The third kappa shape index (κ3) is 4.78. The highest BCUT2D eigenvalue weighted by Crippen LogP contribution is 2.44. The lowest BCUT2D eigenvalue weighted by atomic mass is 10.2. The van der Waals surface area contributed by atoms with E-state index in [0.717, 1.165) is 16.1 Å². The van der Waals surface area contributed by atoms with Crippen LogP contribution < -0.4 is 11.1 Å². The van der Waals surface area contributed by atoms with Crippen molar-refractivity contribution in [1.82, 2.24) is 4.98 Å². The largest absolute Gasteiger partial charge is 0.467 e. The van der Waals surface area contributed by atoms with Crippen LogP contribution in [0.4, 0.5) is 10.1 Å². The number of nitrogens with two attached hydrogens (primary N) is 1. The maximum absolute atomic E-state index is 14.4. The minimum Gasteiger partial charge on any atom is -0.467 e. The van der Waals surface area contributed by atoms with Crippen molar-refractivity contribution >= 4 is 79.6 Å². The Morgan fingerprint density at radius 2 is 2.20 bits per heavy atom. The Labute approximate surface area is 174 Å². The normalized spacial score (nSPS) is 13.0. The van der Waals surface area contributed by atoms with Crippen LogP contribution in [0.25, 0.3) is 10.2 Å². The standard InChI is InChI=1S/C15H14BrClFN3OS.2ClH/c1-7(19)12(18)15-11(16)13-14(23-15)9(5-10(17)21-13)20-6-8-3-2-4-22-8;;/h2-5,7,12H,6,19H2,1H3,(H,20,21);2*1H/t7-,12?;;/m0../s1. The molecular weight excluding hydrogens is 476 g/mol. The third-order valence-electron chi connectivity index (χ3n) is 3.32. The van der Waals surface area contributed by atoms with E-state index in [1.54, 1.807) is 19.3 Å². The van der Waals surface area contributed by atoms with Gasteiger partial charge in [0.15, 0.2) is 6.17 Å². The van der Waals surface area contributed by atoms with E-state index in [2.05, 4.69) is 26.2 Å². The molecule has 0 saturated carbocycles. The molecule has 0 spiro atoms. The van der Waals surface area contributed by atoms with E-state index in [4.69, 9.17) is 21.8 Å². The Hall–Kier alpha value is -0.570. The van der Waals surface area contributed by atoms with E-state index in [-0.39, 0.29) is 24.8 Å². The summed E-state index contributed by atoms with van der Waals surface area (Å²) in [6, 6.07) is 4.81. The molecular formula is C15H16BrCl3FN3OS. The first-order chi connectivity index (χ1) is 11.0. The molecule has 0 aliphatic carbocycles. The van der Waals surface area contributed by atoms with Crippen molar-refractivity contribution in [3.63, 3.8) is 0 Å². The van der Waals surface area contributed by atoms with E-state index in [0.29, 0.717) is 26.6 Å². The lowest BCUT2D eigenvalue weighted by Gasteiger charge is -2.09. The molecule has 0 aliphatic heterocycles. The molecule has 0 aliphatic rings. The average Bonchev–Trinajstić information content (AvgIpc) is 3.13. The van der Waals surface area contributed by atoms with Crippen LogP contribution in [0.3, 0.4) is 0 Å². The summed E-state index contributed by atoms with van der Waals surface area (Å²) in [6.45, 7) is 2.14. The smallest absolute Gasteiger partial charge is 0.150 e. The first-order valence-corrected chi connectivity index (χ1v) is 8.90. The highest BCUT2D eigenvalue weighted by atomic mass is 79.9. The van der Waals surface area contributed by atoms with Crippen LogP contribution in [0.5, 0.6) is 0 Å². The molecule has 3 aromatic rings. The first-order valence-electron chi connectivity index (χ1n) is 6.91. The number of halogens is 5. The molecule has 138 valence electrons. The number of pyridine rings is 1. The van der Waals surface area contributed by atoms with Gasteiger partial charge in [0, 0.05) is 12.1 Å². The van der Waals surface area contributed by atoms with Gasteiger partial charge in [-0.2, -0.15) is 0 Å². The van der Waals surface area contributed by atoms with Crippen LogP contribution >= 0.6 is 63.7 Å². The van der Waals surface area contributed by atoms with Gasteiger partial charge in [0.2, 0.25) is 0 Å². The number of nitrogens with zero attached hydrogens (tertiary/aromatic N) is 1. The Bertz CT molecular complexity index is 829. The molecule has 0 aromatic carbocycles. The van der Waals surface area contributed by atoms with Crippen molar-refractivity contribution in [2.45, 2.75) is 25.7 Å². The summed E-state index contributed by atoms with van der Waals surface area (Å²) in [5, 5.41) is 3.59. The number of hydrogen-bond donors (Lipinski definition) is 2. The van der Waals surface area contributed by atoms with Gasteiger partial charge in [-0.05, 0) is 35.0 Å². The molecule has 4 nitrogen and oxygen atoms in total. The van der Waals surface area contributed by atoms with Crippen molar-refractivity contribution in [3.8, 4) is 0 Å². The fourth-order valence-corrected chi connectivity index (χ4v) is 4.46. The molecule has 0 saturated heterocycles. The number of aromatic nitrogens is 1. The lowest BCUT2D eigenvalue weighted by molar-refractivity contribution is 0.304. The summed E-state index contributed by atoms with van der Waals surface area (Å²) in [6.07, 6.45) is 0.350. The number of alkyl halides is 1. The topological polar surface area (TPSA) is 64.1 Å². The van der Waals surface area contributed by atoms with Crippen molar-refractivity contribution in [3.05, 3.63) is 44.7 Å². The van der Waals surface area contributed by atoms with E-state index >= 15 is 0 Å². The van der Waals surface area contributed by atoms with Gasteiger partial charge >= 0.3 is 0 Å². The fraction of sp³-hybridized carbons (Fsp3) is 0.267. The molecule has 3 N–H and O–H groups in total.